The Morgan fingerprint density at radius 2 is 1.74 bits per heavy atom. The minimum Gasteiger partial charge on any atom is -0.369 e. The first-order valence-electron chi connectivity index (χ1n) is 7.73. The van der Waals surface area contributed by atoms with Crippen molar-refractivity contribution in [3.8, 4) is 0 Å². The molecule has 1 saturated heterocycles. The number of anilines is 1. The molecule has 3 amide bonds. The van der Waals surface area contributed by atoms with Crippen LogP contribution in [-0.4, -0.2) is 60.6 Å². The molecule has 1 aromatic rings. The number of ether oxygens (including phenoxy) is 1. The van der Waals surface area contributed by atoms with Crippen molar-refractivity contribution in [3.05, 3.63) is 30.1 Å². The summed E-state index contributed by atoms with van der Waals surface area (Å²) in [6, 6.07) is 5.36. The van der Waals surface area contributed by atoms with E-state index in [1.54, 1.807) is 16.7 Å². The van der Waals surface area contributed by atoms with Gasteiger partial charge in [-0.2, -0.15) is 0 Å². The van der Waals surface area contributed by atoms with Gasteiger partial charge < -0.3 is 19.9 Å². The zero-order chi connectivity index (χ0) is 16.8. The smallest absolute Gasteiger partial charge is 0.321 e. The summed E-state index contributed by atoms with van der Waals surface area (Å²) < 4.78 is 18.2. The van der Waals surface area contributed by atoms with Gasteiger partial charge in [-0.1, -0.05) is 0 Å². The molecule has 126 valence electrons. The number of nitrogens with one attached hydrogen (secondary N) is 1. The van der Waals surface area contributed by atoms with Gasteiger partial charge in [-0.15, -0.1) is 0 Å². The Morgan fingerprint density at radius 1 is 1.17 bits per heavy atom. The summed E-state index contributed by atoms with van der Waals surface area (Å²) in [6.07, 6.45) is -0.459. The maximum absolute atomic E-state index is 12.8. The highest BCUT2D eigenvalue weighted by atomic mass is 19.1. The molecule has 0 aliphatic carbocycles. The van der Waals surface area contributed by atoms with Crippen LogP contribution in [0.15, 0.2) is 24.3 Å². The summed E-state index contributed by atoms with van der Waals surface area (Å²) in [5, 5.41) is 2.72. The first kappa shape index (κ1) is 17.2. The molecule has 0 unspecified atom stereocenters. The monoisotopic (exact) mass is 323 g/mol. The van der Waals surface area contributed by atoms with Gasteiger partial charge in [-0.05, 0) is 38.1 Å². The maximum atomic E-state index is 12.8. The predicted octanol–water partition coefficient (Wildman–Crippen LogP) is 1.93. The van der Waals surface area contributed by atoms with Crippen LogP contribution in [-0.2, 0) is 9.53 Å². The Labute approximate surface area is 135 Å². The van der Waals surface area contributed by atoms with E-state index in [-0.39, 0.29) is 17.8 Å². The zero-order valence-corrected chi connectivity index (χ0v) is 13.4. The third-order valence-electron chi connectivity index (χ3n) is 3.74. The molecule has 1 fully saturated rings. The number of rotatable bonds is 4. The maximum Gasteiger partial charge on any atom is 0.321 e. The molecule has 6 nitrogen and oxygen atoms in total. The van der Waals surface area contributed by atoms with Crippen LogP contribution in [0.1, 0.15) is 13.8 Å². The number of halogens is 1. The first-order valence-corrected chi connectivity index (χ1v) is 7.73. The fourth-order valence-corrected chi connectivity index (χ4v) is 2.44. The summed E-state index contributed by atoms with van der Waals surface area (Å²) in [6.45, 7) is 5.95. The van der Waals surface area contributed by atoms with E-state index in [9.17, 15) is 14.0 Å². The first-order chi connectivity index (χ1) is 11.0. The van der Waals surface area contributed by atoms with E-state index in [0.29, 0.717) is 38.5 Å². The van der Waals surface area contributed by atoms with Crippen molar-refractivity contribution in [1.82, 2.24) is 9.80 Å². The minimum absolute atomic E-state index is 0.0505. The van der Waals surface area contributed by atoms with Gasteiger partial charge in [0.2, 0.25) is 0 Å². The van der Waals surface area contributed by atoms with Crippen LogP contribution in [0.3, 0.4) is 0 Å². The van der Waals surface area contributed by atoms with Crippen molar-refractivity contribution in [2.45, 2.75) is 20.0 Å². The lowest BCUT2D eigenvalue weighted by atomic mass is 10.2. The van der Waals surface area contributed by atoms with E-state index in [1.165, 1.54) is 24.3 Å². The van der Waals surface area contributed by atoms with Crippen molar-refractivity contribution < 1.29 is 18.7 Å². The number of carbonyl (C=O) groups excluding carboxylic acids is 2. The minimum atomic E-state index is -0.459. The molecule has 1 aromatic carbocycles. The third kappa shape index (κ3) is 4.66. The average Bonchev–Trinajstić information content (AvgIpc) is 2.56. The van der Waals surface area contributed by atoms with Crippen molar-refractivity contribution >= 4 is 17.6 Å². The highest BCUT2D eigenvalue weighted by Crippen LogP contribution is 2.11. The predicted molar refractivity (Wildman–Crippen MR) is 84.7 cm³/mol. The normalized spacial score (nSPS) is 16.1. The van der Waals surface area contributed by atoms with E-state index >= 15 is 0 Å². The topological polar surface area (TPSA) is 61.9 Å². The SMILES string of the molecule is CCO[C@@H](C)C(=O)N1CCN(C(=O)Nc2ccc(F)cc2)CC1. The standard InChI is InChI=1S/C16H22FN3O3/c1-3-23-12(2)15(21)19-8-10-20(11-9-19)16(22)18-14-6-4-13(17)5-7-14/h4-7,12H,3,8-11H2,1-2H3,(H,18,22)/t12-/m0/s1. The Hall–Kier alpha value is -2.15. The second kappa shape index (κ2) is 7.92. The quantitative estimate of drug-likeness (QED) is 0.921. The number of urea groups is 1. The molecule has 1 atom stereocenters. The van der Waals surface area contributed by atoms with Gasteiger partial charge in [0.1, 0.15) is 11.9 Å². The Balaban J connectivity index is 1.82. The van der Waals surface area contributed by atoms with Crippen LogP contribution in [0.4, 0.5) is 14.9 Å². The van der Waals surface area contributed by atoms with Crippen LogP contribution in [0.2, 0.25) is 0 Å². The Morgan fingerprint density at radius 3 is 2.30 bits per heavy atom. The van der Waals surface area contributed by atoms with Crippen LogP contribution in [0.5, 0.6) is 0 Å². The van der Waals surface area contributed by atoms with Crippen molar-refractivity contribution in [1.29, 1.82) is 0 Å². The molecule has 0 radical (unpaired) electrons. The van der Waals surface area contributed by atoms with Gasteiger partial charge in [0.05, 0.1) is 0 Å². The van der Waals surface area contributed by atoms with Gasteiger partial charge in [-0.25, -0.2) is 9.18 Å². The zero-order valence-electron chi connectivity index (χ0n) is 13.4. The second-order valence-electron chi connectivity index (χ2n) is 5.35. The number of hydrogen-bond acceptors (Lipinski definition) is 3. The summed E-state index contributed by atoms with van der Waals surface area (Å²) >= 11 is 0. The van der Waals surface area contributed by atoms with Gasteiger partial charge in [0.25, 0.3) is 5.91 Å². The van der Waals surface area contributed by atoms with E-state index < -0.39 is 6.10 Å². The second-order valence-corrected chi connectivity index (χ2v) is 5.35. The molecule has 1 N–H and O–H groups in total. The molecular formula is C16H22FN3O3. The van der Waals surface area contributed by atoms with Crippen LogP contribution in [0.25, 0.3) is 0 Å². The number of benzene rings is 1. The molecule has 1 aliphatic rings. The number of hydrogen-bond donors (Lipinski definition) is 1. The third-order valence-corrected chi connectivity index (χ3v) is 3.74. The summed E-state index contributed by atoms with van der Waals surface area (Å²) in [5.41, 5.74) is 0.542. The van der Waals surface area contributed by atoms with Crippen molar-refractivity contribution in [2.75, 3.05) is 38.1 Å². The lowest BCUT2D eigenvalue weighted by molar-refractivity contribution is -0.143. The fraction of sp³-hybridized carbons (Fsp3) is 0.500. The van der Waals surface area contributed by atoms with Gasteiger partial charge in [0.15, 0.2) is 0 Å². The molecule has 1 aliphatic heterocycles. The van der Waals surface area contributed by atoms with Crippen molar-refractivity contribution in [2.24, 2.45) is 0 Å². The number of carbonyl (C=O) groups is 2. The van der Waals surface area contributed by atoms with Crippen LogP contribution < -0.4 is 5.32 Å². The summed E-state index contributed by atoms with van der Waals surface area (Å²) in [7, 11) is 0. The van der Waals surface area contributed by atoms with Gasteiger partial charge in [0, 0.05) is 38.5 Å². The van der Waals surface area contributed by atoms with E-state index in [4.69, 9.17) is 4.74 Å². The molecule has 7 heteroatoms. The van der Waals surface area contributed by atoms with Crippen LogP contribution in [0, 0.1) is 5.82 Å². The van der Waals surface area contributed by atoms with E-state index in [2.05, 4.69) is 5.32 Å². The molecule has 0 spiro atoms. The number of piperazine rings is 1. The molecule has 2 rings (SSSR count). The van der Waals surface area contributed by atoms with E-state index in [1.807, 2.05) is 6.92 Å². The van der Waals surface area contributed by atoms with Gasteiger partial charge in [-0.3, -0.25) is 4.79 Å². The molecule has 0 bridgehead atoms. The molecule has 23 heavy (non-hydrogen) atoms. The van der Waals surface area contributed by atoms with E-state index in [0.717, 1.165) is 0 Å². The fourth-order valence-electron chi connectivity index (χ4n) is 2.44. The highest BCUT2D eigenvalue weighted by molar-refractivity contribution is 5.89. The largest absolute Gasteiger partial charge is 0.369 e. The average molecular weight is 323 g/mol. The van der Waals surface area contributed by atoms with Crippen LogP contribution >= 0.6 is 0 Å². The molecule has 0 aromatic heterocycles. The number of amides is 3. The summed E-state index contributed by atoms with van der Waals surface area (Å²) in [4.78, 5) is 27.6. The van der Waals surface area contributed by atoms with Gasteiger partial charge >= 0.3 is 6.03 Å². The summed E-state index contributed by atoms with van der Waals surface area (Å²) in [5.74, 6) is -0.399. The Kier molecular flexibility index (Phi) is 5.92. The highest BCUT2D eigenvalue weighted by Gasteiger charge is 2.27. The van der Waals surface area contributed by atoms with Crippen molar-refractivity contribution in [3.63, 3.8) is 0 Å². The lowest BCUT2D eigenvalue weighted by Crippen LogP contribution is -2.53. The molecular weight excluding hydrogens is 301 g/mol. The molecule has 0 saturated carbocycles. The lowest BCUT2D eigenvalue weighted by Gasteiger charge is -2.35. The molecule has 1 heterocycles. The Bertz CT molecular complexity index is 542. The number of nitrogens with zero attached hydrogens (tertiary/aromatic N) is 2.